The SMILES string of the molecule is COc1ccc(-c2c(CO)nnn2CCC(C)C)cc1. The number of aliphatic hydroxyl groups is 1. The first-order chi connectivity index (χ1) is 9.65. The predicted octanol–water partition coefficient (Wildman–Crippen LogP) is 2.49. The zero-order chi connectivity index (χ0) is 14.5. The van der Waals surface area contributed by atoms with E-state index in [1.165, 1.54) is 0 Å². The van der Waals surface area contributed by atoms with E-state index in [1.54, 1.807) is 7.11 Å². The highest BCUT2D eigenvalue weighted by Gasteiger charge is 2.14. The molecule has 0 saturated carbocycles. The van der Waals surface area contributed by atoms with E-state index in [-0.39, 0.29) is 6.61 Å². The van der Waals surface area contributed by atoms with Crippen LogP contribution in [-0.2, 0) is 13.2 Å². The van der Waals surface area contributed by atoms with Crippen LogP contribution in [-0.4, -0.2) is 27.2 Å². The van der Waals surface area contributed by atoms with Crippen LogP contribution in [0.2, 0.25) is 0 Å². The molecule has 0 aliphatic heterocycles. The summed E-state index contributed by atoms with van der Waals surface area (Å²) >= 11 is 0. The number of rotatable bonds is 6. The quantitative estimate of drug-likeness (QED) is 0.880. The lowest BCUT2D eigenvalue weighted by atomic mass is 10.1. The minimum atomic E-state index is -0.108. The van der Waals surface area contributed by atoms with Crippen molar-refractivity contribution in [2.45, 2.75) is 33.4 Å². The number of methoxy groups -OCH3 is 1. The van der Waals surface area contributed by atoms with Gasteiger partial charge in [0.05, 0.1) is 19.4 Å². The standard InChI is InChI=1S/C15H21N3O2/c1-11(2)8-9-18-15(14(10-19)16-17-18)12-4-6-13(20-3)7-5-12/h4-7,11,19H,8-10H2,1-3H3. The molecule has 1 aromatic carbocycles. The highest BCUT2D eigenvalue weighted by molar-refractivity contribution is 5.62. The lowest BCUT2D eigenvalue weighted by Crippen LogP contribution is -2.05. The number of ether oxygens (including phenoxy) is 1. The summed E-state index contributed by atoms with van der Waals surface area (Å²) < 4.78 is 7.03. The maximum atomic E-state index is 9.43. The summed E-state index contributed by atoms with van der Waals surface area (Å²) in [4.78, 5) is 0. The van der Waals surface area contributed by atoms with Crippen LogP contribution in [0.25, 0.3) is 11.3 Å². The summed E-state index contributed by atoms with van der Waals surface area (Å²) in [7, 11) is 1.64. The van der Waals surface area contributed by atoms with Crippen molar-refractivity contribution in [1.82, 2.24) is 15.0 Å². The fraction of sp³-hybridized carbons (Fsp3) is 0.467. The molecular formula is C15H21N3O2. The number of aryl methyl sites for hydroxylation is 1. The van der Waals surface area contributed by atoms with Crippen molar-refractivity contribution in [2.75, 3.05) is 7.11 Å². The second-order valence-corrected chi connectivity index (χ2v) is 5.18. The molecule has 1 N–H and O–H groups in total. The van der Waals surface area contributed by atoms with Gasteiger partial charge < -0.3 is 9.84 Å². The molecule has 1 heterocycles. The van der Waals surface area contributed by atoms with Crippen molar-refractivity contribution in [2.24, 2.45) is 5.92 Å². The van der Waals surface area contributed by atoms with Gasteiger partial charge >= 0.3 is 0 Å². The zero-order valence-electron chi connectivity index (χ0n) is 12.2. The molecule has 0 spiro atoms. The zero-order valence-corrected chi connectivity index (χ0v) is 12.2. The van der Waals surface area contributed by atoms with Crippen molar-refractivity contribution < 1.29 is 9.84 Å². The topological polar surface area (TPSA) is 60.2 Å². The van der Waals surface area contributed by atoms with E-state index >= 15 is 0 Å². The summed E-state index contributed by atoms with van der Waals surface area (Å²) in [5.41, 5.74) is 2.48. The van der Waals surface area contributed by atoms with Gasteiger partial charge in [-0.25, -0.2) is 4.68 Å². The van der Waals surface area contributed by atoms with Crippen molar-refractivity contribution in [3.63, 3.8) is 0 Å². The van der Waals surface area contributed by atoms with E-state index in [0.29, 0.717) is 11.6 Å². The molecular weight excluding hydrogens is 254 g/mol. The van der Waals surface area contributed by atoms with Crippen molar-refractivity contribution >= 4 is 0 Å². The third kappa shape index (κ3) is 3.17. The fourth-order valence-electron chi connectivity index (χ4n) is 2.06. The molecule has 0 atom stereocenters. The smallest absolute Gasteiger partial charge is 0.118 e. The largest absolute Gasteiger partial charge is 0.497 e. The van der Waals surface area contributed by atoms with Gasteiger partial charge in [0.1, 0.15) is 11.4 Å². The van der Waals surface area contributed by atoms with Crippen LogP contribution < -0.4 is 4.74 Å². The maximum absolute atomic E-state index is 9.43. The highest BCUT2D eigenvalue weighted by Crippen LogP contribution is 2.25. The van der Waals surface area contributed by atoms with Gasteiger partial charge in [0.2, 0.25) is 0 Å². The third-order valence-electron chi connectivity index (χ3n) is 3.24. The Morgan fingerprint density at radius 3 is 2.50 bits per heavy atom. The third-order valence-corrected chi connectivity index (χ3v) is 3.24. The maximum Gasteiger partial charge on any atom is 0.118 e. The second-order valence-electron chi connectivity index (χ2n) is 5.18. The first kappa shape index (κ1) is 14.5. The molecule has 0 bridgehead atoms. The number of nitrogens with zero attached hydrogens (tertiary/aromatic N) is 3. The summed E-state index contributed by atoms with van der Waals surface area (Å²) in [6, 6.07) is 7.72. The molecule has 0 unspecified atom stereocenters. The Labute approximate surface area is 119 Å². The minimum absolute atomic E-state index is 0.108. The van der Waals surface area contributed by atoms with Gasteiger partial charge in [0, 0.05) is 12.1 Å². The van der Waals surface area contributed by atoms with Gasteiger partial charge in [-0.3, -0.25) is 0 Å². The Morgan fingerprint density at radius 2 is 1.95 bits per heavy atom. The number of hydrogen-bond donors (Lipinski definition) is 1. The Morgan fingerprint density at radius 1 is 1.25 bits per heavy atom. The molecule has 1 aromatic heterocycles. The lowest BCUT2D eigenvalue weighted by molar-refractivity contribution is 0.277. The van der Waals surface area contributed by atoms with Gasteiger partial charge in [-0.15, -0.1) is 5.10 Å². The Kier molecular flexibility index (Phi) is 4.74. The average molecular weight is 275 g/mol. The summed E-state index contributed by atoms with van der Waals surface area (Å²) in [6.45, 7) is 5.04. The molecule has 0 aliphatic carbocycles. The lowest BCUT2D eigenvalue weighted by Gasteiger charge is -2.10. The Bertz CT molecular complexity index is 547. The van der Waals surface area contributed by atoms with Crippen LogP contribution in [0, 0.1) is 5.92 Å². The van der Waals surface area contributed by atoms with Crippen LogP contribution in [0.1, 0.15) is 26.0 Å². The monoisotopic (exact) mass is 275 g/mol. The van der Waals surface area contributed by atoms with Gasteiger partial charge in [0.25, 0.3) is 0 Å². The fourth-order valence-corrected chi connectivity index (χ4v) is 2.06. The van der Waals surface area contributed by atoms with Crippen LogP contribution in [0.15, 0.2) is 24.3 Å². The molecule has 20 heavy (non-hydrogen) atoms. The highest BCUT2D eigenvalue weighted by atomic mass is 16.5. The second kappa shape index (κ2) is 6.52. The van der Waals surface area contributed by atoms with Crippen LogP contribution in [0.5, 0.6) is 5.75 Å². The molecule has 108 valence electrons. The van der Waals surface area contributed by atoms with Crippen molar-refractivity contribution in [3.05, 3.63) is 30.0 Å². The normalized spacial score (nSPS) is 11.1. The Hall–Kier alpha value is -1.88. The van der Waals surface area contributed by atoms with Gasteiger partial charge in [0.15, 0.2) is 0 Å². The van der Waals surface area contributed by atoms with Crippen molar-refractivity contribution in [3.8, 4) is 17.0 Å². The minimum Gasteiger partial charge on any atom is -0.497 e. The van der Waals surface area contributed by atoms with Crippen LogP contribution in [0.3, 0.4) is 0 Å². The number of hydrogen-bond acceptors (Lipinski definition) is 4. The first-order valence-corrected chi connectivity index (χ1v) is 6.83. The van der Waals surface area contributed by atoms with E-state index in [4.69, 9.17) is 4.74 Å². The van der Waals surface area contributed by atoms with E-state index in [1.807, 2.05) is 28.9 Å². The first-order valence-electron chi connectivity index (χ1n) is 6.83. The molecule has 0 amide bonds. The number of aromatic nitrogens is 3. The van der Waals surface area contributed by atoms with Gasteiger partial charge in [-0.2, -0.15) is 0 Å². The van der Waals surface area contributed by atoms with Gasteiger partial charge in [-0.1, -0.05) is 19.1 Å². The van der Waals surface area contributed by atoms with E-state index < -0.39 is 0 Å². The average Bonchev–Trinajstić information content (AvgIpc) is 2.88. The molecule has 2 aromatic rings. The van der Waals surface area contributed by atoms with Crippen molar-refractivity contribution in [1.29, 1.82) is 0 Å². The predicted molar refractivity (Wildman–Crippen MR) is 77.4 cm³/mol. The number of aliphatic hydroxyl groups excluding tert-OH is 1. The summed E-state index contributed by atoms with van der Waals surface area (Å²) in [6.07, 6.45) is 1.03. The van der Waals surface area contributed by atoms with Gasteiger partial charge in [-0.05, 0) is 36.6 Å². The molecule has 0 fully saturated rings. The number of benzene rings is 1. The summed E-state index contributed by atoms with van der Waals surface area (Å²) in [5.74, 6) is 1.40. The van der Waals surface area contributed by atoms with E-state index in [9.17, 15) is 5.11 Å². The summed E-state index contributed by atoms with van der Waals surface area (Å²) in [5, 5.41) is 17.6. The molecule has 2 rings (SSSR count). The molecule has 0 radical (unpaired) electrons. The molecule has 0 aliphatic rings. The van der Waals surface area contributed by atoms with E-state index in [0.717, 1.165) is 30.0 Å². The molecule has 5 nitrogen and oxygen atoms in total. The molecule has 5 heteroatoms. The van der Waals surface area contributed by atoms with E-state index in [2.05, 4.69) is 24.2 Å². The van der Waals surface area contributed by atoms with Crippen LogP contribution in [0.4, 0.5) is 0 Å². The Balaban J connectivity index is 2.33. The molecule has 0 saturated heterocycles. The van der Waals surface area contributed by atoms with Crippen LogP contribution >= 0.6 is 0 Å².